The van der Waals surface area contributed by atoms with Crippen molar-refractivity contribution < 1.29 is 19.0 Å². The molecule has 1 heterocycles. The summed E-state index contributed by atoms with van der Waals surface area (Å²) >= 11 is 3.35. The summed E-state index contributed by atoms with van der Waals surface area (Å²) in [7, 11) is 4.63. The van der Waals surface area contributed by atoms with E-state index < -0.39 is 0 Å². The molecular weight excluding hydrogens is 376 g/mol. The van der Waals surface area contributed by atoms with Gasteiger partial charge in [-0.15, -0.1) is 0 Å². The number of halogens is 1. The molecule has 0 radical (unpaired) electrons. The number of aromatic nitrogens is 2. The largest absolute Gasteiger partial charge is 0.493 e. The van der Waals surface area contributed by atoms with Crippen LogP contribution in [0.25, 0.3) is 6.08 Å². The van der Waals surface area contributed by atoms with Gasteiger partial charge in [-0.25, -0.2) is 0 Å². The van der Waals surface area contributed by atoms with E-state index in [0.717, 1.165) is 5.56 Å². The number of nitrogens with zero attached hydrogens (tertiary/aromatic N) is 2. The van der Waals surface area contributed by atoms with Crippen LogP contribution in [0.3, 0.4) is 0 Å². The second kappa shape index (κ2) is 8.01. The van der Waals surface area contributed by atoms with Crippen LogP contribution in [-0.2, 0) is 6.54 Å². The van der Waals surface area contributed by atoms with Crippen molar-refractivity contribution in [1.82, 2.24) is 9.78 Å². The molecule has 6 nitrogen and oxygen atoms in total. The molecular formula is C17H19BrN2O4. The summed E-state index contributed by atoms with van der Waals surface area (Å²) in [6.45, 7) is 2.65. The molecule has 24 heavy (non-hydrogen) atoms. The summed E-state index contributed by atoms with van der Waals surface area (Å²) in [6.07, 6.45) is 4.93. The first-order valence-corrected chi connectivity index (χ1v) is 8.08. The number of hydrogen-bond donors (Lipinski definition) is 0. The zero-order valence-electron chi connectivity index (χ0n) is 14.0. The Morgan fingerprint density at radius 2 is 1.83 bits per heavy atom. The fourth-order valence-corrected chi connectivity index (χ4v) is 2.69. The van der Waals surface area contributed by atoms with Crippen LogP contribution in [0.1, 0.15) is 23.0 Å². The summed E-state index contributed by atoms with van der Waals surface area (Å²) in [6, 6.07) is 3.54. The second-order valence-corrected chi connectivity index (χ2v) is 5.69. The highest BCUT2D eigenvalue weighted by atomic mass is 79.9. The third-order valence-electron chi connectivity index (χ3n) is 3.39. The van der Waals surface area contributed by atoms with Gasteiger partial charge >= 0.3 is 0 Å². The Morgan fingerprint density at radius 3 is 2.29 bits per heavy atom. The molecule has 0 aliphatic rings. The molecule has 2 aromatic rings. The van der Waals surface area contributed by atoms with Crippen LogP contribution in [0.5, 0.6) is 17.2 Å². The van der Waals surface area contributed by atoms with Crippen molar-refractivity contribution in [3.8, 4) is 17.2 Å². The van der Waals surface area contributed by atoms with E-state index in [1.165, 1.54) is 6.08 Å². The van der Waals surface area contributed by atoms with Crippen LogP contribution < -0.4 is 14.2 Å². The maximum absolute atomic E-state index is 12.3. The first-order valence-electron chi connectivity index (χ1n) is 7.29. The summed E-state index contributed by atoms with van der Waals surface area (Å²) in [5, 5.41) is 4.23. The number of aryl methyl sites for hydroxylation is 1. The molecule has 0 aliphatic heterocycles. The Balaban J connectivity index is 2.31. The number of benzene rings is 1. The molecule has 0 unspecified atom stereocenters. The van der Waals surface area contributed by atoms with Gasteiger partial charge in [0, 0.05) is 12.7 Å². The van der Waals surface area contributed by atoms with Gasteiger partial charge in [0.15, 0.2) is 11.5 Å². The number of ketones is 1. The van der Waals surface area contributed by atoms with Crippen molar-refractivity contribution in [3.05, 3.63) is 40.1 Å². The fourth-order valence-electron chi connectivity index (χ4n) is 2.17. The summed E-state index contributed by atoms with van der Waals surface area (Å²) in [5.41, 5.74) is 1.13. The van der Waals surface area contributed by atoms with Crippen molar-refractivity contribution in [3.63, 3.8) is 0 Å². The SMILES string of the molecule is CCn1cc(Br)c(C(=O)C=Cc2cc(OC)c(OC)c(OC)c2)n1. The van der Waals surface area contributed by atoms with E-state index in [1.807, 2.05) is 6.92 Å². The Morgan fingerprint density at radius 1 is 1.21 bits per heavy atom. The molecule has 0 atom stereocenters. The van der Waals surface area contributed by atoms with Gasteiger partial charge in [0.2, 0.25) is 11.5 Å². The lowest BCUT2D eigenvalue weighted by Crippen LogP contribution is -2.00. The topological polar surface area (TPSA) is 62.6 Å². The smallest absolute Gasteiger partial charge is 0.207 e. The fraction of sp³-hybridized carbons (Fsp3) is 0.294. The van der Waals surface area contributed by atoms with E-state index in [4.69, 9.17) is 14.2 Å². The van der Waals surface area contributed by atoms with E-state index in [1.54, 1.807) is 50.4 Å². The Kier molecular flexibility index (Phi) is 6.03. The van der Waals surface area contributed by atoms with E-state index in [-0.39, 0.29) is 5.78 Å². The van der Waals surface area contributed by atoms with Crippen LogP contribution in [-0.4, -0.2) is 36.9 Å². The van der Waals surface area contributed by atoms with Crippen LogP contribution in [0.4, 0.5) is 0 Å². The molecule has 0 N–H and O–H groups in total. The highest BCUT2D eigenvalue weighted by Crippen LogP contribution is 2.38. The minimum atomic E-state index is -0.192. The van der Waals surface area contributed by atoms with E-state index >= 15 is 0 Å². The van der Waals surface area contributed by atoms with Gasteiger partial charge in [-0.2, -0.15) is 5.10 Å². The average Bonchev–Trinajstić information content (AvgIpc) is 2.99. The molecule has 0 spiro atoms. The number of carbonyl (C=O) groups is 1. The normalized spacial score (nSPS) is 10.9. The predicted octanol–water partition coefficient (Wildman–Crippen LogP) is 3.59. The van der Waals surface area contributed by atoms with Crippen LogP contribution in [0.15, 0.2) is 28.9 Å². The summed E-state index contributed by atoms with van der Waals surface area (Å²) in [4.78, 5) is 12.3. The molecule has 0 amide bonds. The minimum Gasteiger partial charge on any atom is -0.493 e. The lowest BCUT2D eigenvalue weighted by Gasteiger charge is -2.12. The van der Waals surface area contributed by atoms with Crippen molar-refractivity contribution in [2.45, 2.75) is 13.5 Å². The maximum atomic E-state index is 12.3. The Bertz CT molecular complexity index is 743. The van der Waals surface area contributed by atoms with E-state index in [2.05, 4.69) is 21.0 Å². The van der Waals surface area contributed by atoms with Crippen LogP contribution in [0.2, 0.25) is 0 Å². The third kappa shape index (κ3) is 3.79. The monoisotopic (exact) mass is 394 g/mol. The number of rotatable bonds is 7. The zero-order chi connectivity index (χ0) is 17.7. The molecule has 1 aromatic carbocycles. The quantitative estimate of drug-likeness (QED) is 0.530. The number of hydrogen-bond acceptors (Lipinski definition) is 5. The molecule has 0 saturated heterocycles. The van der Waals surface area contributed by atoms with Gasteiger partial charge in [-0.1, -0.05) is 6.08 Å². The van der Waals surface area contributed by atoms with Gasteiger partial charge in [0.25, 0.3) is 0 Å². The van der Waals surface area contributed by atoms with Crippen LogP contribution in [0, 0.1) is 0 Å². The summed E-state index contributed by atoms with van der Waals surface area (Å²) < 4.78 is 18.2. The predicted molar refractivity (Wildman–Crippen MR) is 95.1 cm³/mol. The number of allylic oxidation sites excluding steroid dienone is 1. The number of carbonyl (C=O) groups excluding carboxylic acids is 1. The molecule has 7 heteroatoms. The lowest BCUT2D eigenvalue weighted by atomic mass is 10.1. The van der Waals surface area contributed by atoms with Gasteiger partial charge < -0.3 is 14.2 Å². The highest BCUT2D eigenvalue weighted by Gasteiger charge is 2.14. The summed E-state index contributed by atoms with van der Waals surface area (Å²) in [5.74, 6) is 1.37. The number of ether oxygens (including phenoxy) is 3. The van der Waals surface area contributed by atoms with Gasteiger partial charge in [0.1, 0.15) is 5.69 Å². The second-order valence-electron chi connectivity index (χ2n) is 4.84. The molecule has 0 fully saturated rings. The Labute approximate surface area is 149 Å². The number of methoxy groups -OCH3 is 3. The van der Waals surface area contributed by atoms with Crippen molar-refractivity contribution in [2.75, 3.05) is 21.3 Å². The Hall–Kier alpha value is -2.28. The van der Waals surface area contributed by atoms with Gasteiger partial charge in [0.05, 0.1) is 25.8 Å². The minimum absolute atomic E-state index is 0.192. The molecule has 0 aliphatic carbocycles. The van der Waals surface area contributed by atoms with Gasteiger partial charge in [-0.05, 0) is 46.6 Å². The van der Waals surface area contributed by atoms with Crippen molar-refractivity contribution >= 4 is 27.8 Å². The third-order valence-corrected chi connectivity index (χ3v) is 3.97. The van der Waals surface area contributed by atoms with Crippen molar-refractivity contribution in [1.29, 1.82) is 0 Å². The van der Waals surface area contributed by atoms with Gasteiger partial charge in [-0.3, -0.25) is 9.48 Å². The van der Waals surface area contributed by atoms with E-state index in [0.29, 0.717) is 34.0 Å². The highest BCUT2D eigenvalue weighted by molar-refractivity contribution is 9.10. The molecule has 0 bridgehead atoms. The maximum Gasteiger partial charge on any atom is 0.207 e. The first kappa shape index (κ1) is 18.1. The van der Waals surface area contributed by atoms with E-state index in [9.17, 15) is 4.79 Å². The lowest BCUT2D eigenvalue weighted by molar-refractivity contribution is 0.104. The average molecular weight is 395 g/mol. The van der Waals surface area contributed by atoms with Crippen molar-refractivity contribution in [2.24, 2.45) is 0 Å². The molecule has 0 saturated carbocycles. The molecule has 1 aromatic heterocycles. The molecule has 2 rings (SSSR count). The first-order chi connectivity index (χ1) is 11.5. The molecule has 128 valence electrons. The van der Waals surface area contributed by atoms with Crippen LogP contribution >= 0.6 is 15.9 Å². The zero-order valence-corrected chi connectivity index (χ0v) is 15.6. The standard InChI is InChI=1S/C17H19BrN2O4/c1-5-20-10-12(18)16(19-20)13(21)7-6-11-8-14(22-2)17(24-4)15(9-11)23-3/h6-10H,5H2,1-4H3.